The molecule has 1 aromatic rings. The fourth-order valence-corrected chi connectivity index (χ4v) is 1.14. The summed E-state index contributed by atoms with van der Waals surface area (Å²) in [4.78, 5) is 11.3. The van der Waals surface area contributed by atoms with Gasteiger partial charge in [-0.15, -0.1) is 0 Å². The van der Waals surface area contributed by atoms with E-state index >= 15 is 0 Å². The molecule has 0 saturated heterocycles. The molecule has 0 spiro atoms. The fraction of sp³-hybridized carbons (Fsp3) is 0.417. The monoisotopic (exact) mass is 240 g/mol. The van der Waals surface area contributed by atoms with Crippen LogP contribution in [0, 0.1) is 0 Å². The standard InChI is InChI=1S/C12H16O5/c1-14-6-7-16-9-17-11-5-3-4-10(8-11)12(13)15-2/h3-5,8H,6-7,9H2,1-2H3. The van der Waals surface area contributed by atoms with Crippen LogP contribution >= 0.6 is 0 Å². The minimum atomic E-state index is -0.393. The van der Waals surface area contributed by atoms with E-state index in [4.69, 9.17) is 14.2 Å². The van der Waals surface area contributed by atoms with Crippen molar-refractivity contribution in [2.75, 3.05) is 34.2 Å². The smallest absolute Gasteiger partial charge is 0.337 e. The highest BCUT2D eigenvalue weighted by molar-refractivity contribution is 5.89. The molecule has 0 saturated carbocycles. The average molecular weight is 240 g/mol. The Morgan fingerprint density at radius 1 is 1.24 bits per heavy atom. The Balaban J connectivity index is 2.40. The number of hydrogen-bond donors (Lipinski definition) is 0. The molecule has 0 bridgehead atoms. The number of carbonyl (C=O) groups is 1. The number of benzene rings is 1. The maximum Gasteiger partial charge on any atom is 0.337 e. The van der Waals surface area contributed by atoms with Crippen LogP contribution in [-0.2, 0) is 14.2 Å². The molecule has 94 valence electrons. The Hall–Kier alpha value is -1.59. The lowest BCUT2D eigenvalue weighted by Crippen LogP contribution is -2.08. The van der Waals surface area contributed by atoms with Crippen LogP contribution in [0.25, 0.3) is 0 Å². The van der Waals surface area contributed by atoms with Crippen molar-refractivity contribution < 1.29 is 23.7 Å². The van der Waals surface area contributed by atoms with Crippen molar-refractivity contribution in [3.63, 3.8) is 0 Å². The molecule has 0 amide bonds. The first-order chi connectivity index (χ1) is 8.27. The van der Waals surface area contributed by atoms with Gasteiger partial charge in [0.15, 0.2) is 6.79 Å². The summed E-state index contributed by atoms with van der Waals surface area (Å²) in [5.74, 6) is 0.168. The second-order valence-corrected chi connectivity index (χ2v) is 3.18. The van der Waals surface area contributed by atoms with Crippen molar-refractivity contribution in [1.82, 2.24) is 0 Å². The Kier molecular flexibility index (Phi) is 6.06. The largest absolute Gasteiger partial charge is 0.468 e. The zero-order chi connectivity index (χ0) is 12.5. The summed E-state index contributed by atoms with van der Waals surface area (Å²) in [5.41, 5.74) is 0.446. The normalized spacial score (nSPS) is 10.0. The molecule has 5 heteroatoms. The first kappa shape index (κ1) is 13.5. The molecule has 0 aliphatic carbocycles. The molecule has 0 aromatic heterocycles. The second-order valence-electron chi connectivity index (χ2n) is 3.18. The lowest BCUT2D eigenvalue weighted by Gasteiger charge is -2.07. The van der Waals surface area contributed by atoms with Gasteiger partial charge in [-0.2, -0.15) is 0 Å². The van der Waals surface area contributed by atoms with Crippen LogP contribution in [0.2, 0.25) is 0 Å². The number of carbonyl (C=O) groups excluding carboxylic acids is 1. The van der Waals surface area contributed by atoms with Gasteiger partial charge in [0.1, 0.15) is 5.75 Å². The van der Waals surface area contributed by atoms with Gasteiger partial charge in [-0.1, -0.05) is 6.07 Å². The van der Waals surface area contributed by atoms with Crippen LogP contribution in [0.3, 0.4) is 0 Å². The minimum Gasteiger partial charge on any atom is -0.468 e. The molecular formula is C12H16O5. The number of methoxy groups -OCH3 is 2. The van der Waals surface area contributed by atoms with E-state index in [1.807, 2.05) is 0 Å². The van der Waals surface area contributed by atoms with E-state index in [0.717, 1.165) is 0 Å². The van der Waals surface area contributed by atoms with Crippen molar-refractivity contribution >= 4 is 5.97 Å². The Bertz CT molecular complexity index is 351. The molecule has 5 nitrogen and oxygen atoms in total. The minimum absolute atomic E-state index is 0.119. The first-order valence-corrected chi connectivity index (χ1v) is 5.15. The summed E-state index contributed by atoms with van der Waals surface area (Å²) in [6, 6.07) is 6.72. The van der Waals surface area contributed by atoms with Gasteiger partial charge in [0.05, 0.1) is 25.9 Å². The Morgan fingerprint density at radius 2 is 2.06 bits per heavy atom. The van der Waals surface area contributed by atoms with Crippen molar-refractivity contribution in [3.8, 4) is 5.75 Å². The SMILES string of the molecule is COCCOCOc1cccc(C(=O)OC)c1. The first-order valence-electron chi connectivity index (χ1n) is 5.15. The van der Waals surface area contributed by atoms with Crippen LogP contribution in [0.1, 0.15) is 10.4 Å². The molecule has 0 N–H and O–H groups in total. The Morgan fingerprint density at radius 3 is 2.76 bits per heavy atom. The van der Waals surface area contributed by atoms with Crippen molar-refractivity contribution in [1.29, 1.82) is 0 Å². The lowest BCUT2D eigenvalue weighted by molar-refractivity contribution is -0.00853. The van der Waals surface area contributed by atoms with E-state index in [0.29, 0.717) is 24.5 Å². The number of esters is 1. The van der Waals surface area contributed by atoms with Crippen molar-refractivity contribution in [3.05, 3.63) is 29.8 Å². The maximum atomic E-state index is 11.3. The molecule has 1 aromatic carbocycles. The molecule has 1 rings (SSSR count). The number of rotatable bonds is 7. The molecule has 17 heavy (non-hydrogen) atoms. The summed E-state index contributed by atoms with van der Waals surface area (Å²) in [7, 11) is 2.94. The highest BCUT2D eigenvalue weighted by Crippen LogP contribution is 2.13. The highest BCUT2D eigenvalue weighted by Gasteiger charge is 2.05. The van der Waals surface area contributed by atoms with E-state index in [1.54, 1.807) is 31.4 Å². The highest BCUT2D eigenvalue weighted by atomic mass is 16.7. The van der Waals surface area contributed by atoms with Crippen LogP contribution in [0.5, 0.6) is 5.75 Å². The summed E-state index contributed by atoms with van der Waals surface area (Å²) in [6.07, 6.45) is 0. The predicted molar refractivity (Wildman–Crippen MR) is 61.1 cm³/mol. The van der Waals surface area contributed by atoms with Crippen LogP contribution in [0.15, 0.2) is 24.3 Å². The van der Waals surface area contributed by atoms with Crippen LogP contribution < -0.4 is 4.74 Å². The molecule has 0 heterocycles. The second kappa shape index (κ2) is 7.65. The van der Waals surface area contributed by atoms with Gasteiger partial charge in [-0.05, 0) is 18.2 Å². The van der Waals surface area contributed by atoms with Gasteiger partial charge in [-0.3, -0.25) is 0 Å². The molecular weight excluding hydrogens is 224 g/mol. The van der Waals surface area contributed by atoms with E-state index in [1.165, 1.54) is 7.11 Å². The fourth-order valence-electron chi connectivity index (χ4n) is 1.14. The van der Waals surface area contributed by atoms with E-state index < -0.39 is 5.97 Å². The van der Waals surface area contributed by atoms with Gasteiger partial charge in [-0.25, -0.2) is 4.79 Å². The summed E-state index contributed by atoms with van der Waals surface area (Å²) in [6.45, 7) is 1.10. The molecule has 0 fully saturated rings. The molecule has 0 aliphatic heterocycles. The van der Waals surface area contributed by atoms with Crippen molar-refractivity contribution in [2.24, 2.45) is 0 Å². The van der Waals surface area contributed by atoms with Gasteiger partial charge >= 0.3 is 5.97 Å². The average Bonchev–Trinajstić information content (AvgIpc) is 2.38. The van der Waals surface area contributed by atoms with Crippen LogP contribution in [0.4, 0.5) is 0 Å². The maximum absolute atomic E-state index is 11.3. The predicted octanol–water partition coefficient (Wildman–Crippen LogP) is 1.47. The number of ether oxygens (including phenoxy) is 4. The quantitative estimate of drug-likeness (QED) is 0.410. The van der Waals surface area contributed by atoms with Crippen LogP contribution in [-0.4, -0.2) is 40.2 Å². The lowest BCUT2D eigenvalue weighted by atomic mass is 10.2. The zero-order valence-corrected chi connectivity index (χ0v) is 9.97. The van der Waals surface area contributed by atoms with Gasteiger partial charge in [0, 0.05) is 7.11 Å². The number of hydrogen-bond acceptors (Lipinski definition) is 5. The zero-order valence-electron chi connectivity index (χ0n) is 9.97. The molecule has 0 aliphatic rings. The van der Waals surface area contributed by atoms with E-state index in [2.05, 4.69) is 4.74 Å². The van der Waals surface area contributed by atoms with Gasteiger partial charge < -0.3 is 18.9 Å². The summed E-state index contributed by atoms with van der Waals surface area (Å²) < 4.78 is 19.9. The third-order valence-corrected chi connectivity index (χ3v) is 2.00. The van der Waals surface area contributed by atoms with Gasteiger partial charge in [0.2, 0.25) is 0 Å². The van der Waals surface area contributed by atoms with Gasteiger partial charge in [0.25, 0.3) is 0 Å². The molecule has 0 atom stereocenters. The van der Waals surface area contributed by atoms with E-state index in [9.17, 15) is 4.79 Å². The third-order valence-electron chi connectivity index (χ3n) is 2.00. The summed E-state index contributed by atoms with van der Waals surface area (Å²) in [5, 5.41) is 0. The topological polar surface area (TPSA) is 54.0 Å². The molecule has 0 unspecified atom stereocenters. The van der Waals surface area contributed by atoms with E-state index in [-0.39, 0.29) is 6.79 Å². The third kappa shape index (κ3) is 4.84. The Labute approximate surface area is 100 Å². The summed E-state index contributed by atoms with van der Waals surface area (Å²) >= 11 is 0. The van der Waals surface area contributed by atoms with Crippen molar-refractivity contribution in [2.45, 2.75) is 0 Å². The molecule has 0 radical (unpaired) electrons.